The van der Waals surface area contributed by atoms with Crippen LogP contribution in [0.5, 0.6) is 0 Å². The first-order chi connectivity index (χ1) is 8.95. The summed E-state index contributed by atoms with van der Waals surface area (Å²) < 4.78 is 0.747. The summed E-state index contributed by atoms with van der Waals surface area (Å²) in [4.78, 5) is 24.8. The summed E-state index contributed by atoms with van der Waals surface area (Å²) in [6, 6.07) is 4.85. The van der Waals surface area contributed by atoms with Crippen LogP contribution in [0.1, 0.15) is 24.9 Å². The molecule has 4 nitrogen and oxygen atoms in total. The van der Waals surface area contributed by atoms with E-state index < -0.39 is 17.9 Å². The van der Waals surface area contributed by atoms with Crippen LogP contribution < -0.4 is 0 Å². The highest BCUT2D eigenvalue weighted by Gasteiger charge is 2.43. The van der Waals surface area contributed by atoms with Crippen molar-refractivity contribution in [2.24, 2.45) is 5.92 Å². The maximum atomic E-state index is 11.9. The Morgan fingerprint density at radius 3 is 2.79 bits per heavy atom. The summed E-state index contributed by atoms with van der Waals surface area (Å²) in [5, 5.41) is 9.79. The molecule has 2 rings (SSSR count). The second kappa shape index (κ2) is 5.51. The van der Waals surface area contributed by atoms with E-state index in [2.05, 4.69) is 15.9 Å². The predicted octanol–water partition coefficient (Wildman–Crippen LogP) is 3.10. The van der Waals surface area contributed by atoms with Crippen molar-refractivity contribution in [2.45, 2.75) is 19.4 Å². The topological polar surface area (TPSA) is 57.6 Å². The van der Waals surface area contributed by atoms with Crippen molar-refractivity contribution in [3.8, 4) is 0 Å². The molecule has 1 amide bonds. The third-order valence-electron chi connectivity index (χ3n) is 3.37. The Kier molecular flexibility index (Phi) is 4.16. The smallest absolute Gasteiger partial charge is 0.309 e. The van der Waals surface area contributed by atoms with Crippen LogP contribution in [0.15, 0.2) is 22.7 Å². The Bertz CT molecular complexity index is 535. The van der Waals surface area contributed by atoms with E-state index >= 15 is 0 Å². The summed E-state index contributed by atoms with van der Waals surface area (Å²) >= 11 is 9.35. The van der Waals surface area contributed by atoms with Gasteiger partial charge in [0.05, 0.1) is 17.0 Å². The van der Waals surface area contributed by atoms with E-state index in [1.54, 1.807) is 23.1 Å². The normalized spacial score (nSPS) is 22.9. The highest BCUT2D eigenvalue weighted by molar-refractivity contribution is 9.10. The summed E-state index contributed by atoms with van der Waals surface area (Å²) in [6.07, 6.45) is 0.0432. The number of halogens is 2. The lowest BCUT2D eigenvalue weighted by molar-refractivity contribution is -0.142. The van der Waals surface area contributed by atoms with E-state index in [1.165, 1.54) is 0 Å². The summed E-state index contributed by atoms with van der Waals surface area (Å²) in [5.74, 6) is -1.79. The van der Waals surface area contributed by atoms with Gasteiger partial charge < -0.3 is 10.0 Å². The molecule has 1 saturated heterocycles. The number of rotatable bonds is 3. The number of benzene rings is 1. The van der Waals surface area contributed by atoms with Gasteiger partial charge in [0.15, 0.2) is 0 Å². The predicted molar refractivity (Wildman–Crippen MR) is 75.0 cm³/mol. The molecule has 102 valence electrons. The minimum Gasteiger partial charge on any atom is -0.481 e. The maximum Gasteiger partial charge on any atom is 0.309 e. The monoisotopic (exact) mass is 345 g/mol. The Morgan fingerprint density at radius 2 is 2.26 bits per heavy atom. The molecule has 1 heterocycles. The van der Waals surface area contributed by atoms with Gasteiger partial charge in [0.1, 0.15) is 0 Å². The molecular weight excluding hydrogens is 334 g/mol. The SMILES string of the molecule is CCN1C(=O)CC(C(=O)O)C1c1ccc(Br)c(Cl)c1. The van der Waals surface area contributed by atoms with Crippen LogP contribution in [0.4, 0.5) is 0 Å². The van der Waals surface area contributed by atoms with Crippen molar-refractivity contribution in [1.82, 2.24) is 4.90 Å². The van der Waals surface area contributed by atoms with Gasteiger partial charge in [-0.25, -0.2) is 0 Å². The highest BCUT2D eigenvalue weighted by atomic mass is 79.9. The molecule has 0 bridgehead atoms. The fraction of sp³-hybridized carbons (Fsp3) is 0.385. The number of carbonyl (C=O) groups is 2. The van der Waals surface area contributed by atoms with Gasteiger partial charge in [-0.15, -0.1) is 0 Å². The summed E-state index contributed by atoms with van der Waals surface area (Å²) in [6.45, 7) is 2.33. The number of carboxylic acid groups (broad SMARTS) is 1. The molecule has 1 aliphatic heterocycles. The molecule has 1 aromatic rings. The van der Waals surface area contributed by atoms with Crippen molar-refractivity contribution < 1.29 is 14.7 Å². The number of amides is 1. The fourth-order valence-corrected chi connectivity index (χ4v) is 2.93. The van der Waals surface area contributed by atoms with Crippen molar-refractivity contribution in [3.63, 3.8) is 0 Å². The Balaban J connectivity index is 2.45. The summed E-state index contributed by atoms with van der Waals surface area (Å²) in [5.41, 5.74) is 0.758. The number of hydrogen-bond acceptors (Lipinski definition) is 2. The third-order valence-corrected chi connectivity index (χ3v) is 4.61. The average molecular weight is 347 g/mol. The van der Waals surface area contributed by atoms with Crippen molar-refractivity contribution in [3.05, 3.63) is 33.3 Å². The van der Waals surface area contributed by atoms with Crippen LogP contribution in [-0.4, -0.2) is 28.4 Å². The number of likely N-dealkylation sites (tertiary alicyclic amines) is 1. The minimum absolute atomic E-state index is 0.0432. The molecule has 0 radical (unpaired) electrons. The molecule has 1 aliphatic rings. The molecule has 1 N–H and O–H groups in total. The lowest BCUT2D eigenvalue weighted by atomic mass is 9.94. The molecule has 0 aliphatic carbocycles. The van der Waals surface area contributed by atoms with Crippen molar-refractivity contribution >= 4 is 39.4 Å². The molecule has 0 spiro atoms. The Hall–Kier alpha value is -1.07. The van der Waals surface area contributed by atoms with Crippen LogP contribution in [0.2, 0.25) is 5.02 Å². The van der Waals surface area contributed by atoms with Crippen molar-refractivity contribution in [1.29, 1.82) is 0 Å². The number of nitrogens with zero attached hydrogens (tertiary/aromatic N) is 1. The van der Waals surface area contributed by atoms with Gasteiger partial charge in [-0.3, -0.25) is 9.59 Å². The van der Waals surface area contributed by atoms with Gasteiger partial charge in [-0.05, 0) is 40.5 Å². The number of aliphatic carboxylic acids is 1. The third kappa shape index (κ3) is 2.62. The van der Waals surface area contributed by atoms with E-state index in [4.69, 9.17) is 11.6 Å². The molecule has 0 aromatic heterocycles. The molecule has 2 atom stereocenters. The van der Waals surface area contributed by atoms with Gasteiger partial charge in [0, 0.05) is 17.4 Å². The van der Waals surface area contributed by atoms with E-state index in [0.717, 1.165) is 10.0 Å². The lowest BCUT2D eigenvalue weighted by Gasteiger charge is -2.26. The van der Waals surface area contributed by atoms with Crippen LogP contribution in [-0.2, 0) is 9.59 Å². The molecule has 1 aromatic carbocycles. The Morgan fingerprint density at radius 1 is 1.58 bits per heavy atom. The molecule has 6 heteroatoms. The molecule has 0 saturated carbocycles. The molecule has 19 heavy (non-hydrogen) atoms. The zero-order valence-corrected chi connectivity index (χ0v) is 12.6. The average Bonchev–Trinajstić information content (AvgIpc) is 2.69. The molecule has 2 unspecified atom stereocenters. The minimum atomic E-state index is -0.951. The molecule has 1 fully saturated rings. The summed E-state index contributed by atoms with van der Waals surface area (Å²) in [7, 11) is 0. The van der Waals surface area contributed by atoms with E-state index in [9.17, 15) is 14.7 Å². The fourth-order valence-electron chi connectivity index (χ4n) is 2.49. The van der Waals surface area contributed by atoms with Gasteiger partial charge >= 0.3 is 5.97 Å². The first-order valence-electron chi connectivity index (χ1n) is 5.93. The van der Waals surface area contributed by atoms with Crippen LogP contribution in [0, 0.1) is 5.92 Å². The zero-order valence-electron chi connectivity index (χ0n) is 10.3. The largest absolute Gasteiger partial charge is 0.481 e. The second-order valence-electron chi connectivity index (χ2n) is 4.45. The van der Waals surface area contributed by atoms with Crippen molar-refractivity contribution in [2.75, 3.05) is 6.54 Å². The second-order valence-corrected chi connectivity index (χ2v) is 5.71. The van der Waals surface area contributed by atoms with E-state index in [1.807, 2.05) is 6.92 Å². The molecular formula is C13H13BrClNO3. The first kappa shape index (κ1) is 14.3. The van der Waals surface area contributed by atoms with Crippen LogP contribution in [0.3, 0.4) is 0 Å². The number of carbonyl (C=O) groups excluding carboxylic acids is 1. The van der Waals surface area contributed by atoms with Gasteiger partial charge in [0.2, 0.25) is 5.91 Å². The standard InChI is InChI=1S/C13H13BrClNO3/c1-2-16-11(17)6-8(13(18)19)12(16)7-3-4-9(14)10(15)5-7/h3-5,8,12H,2,6H2,1H3,(H,18,19). The van der Waals surface area contributed by atoms with Gasteiger partial charge in [-0.1, -0.05) is 17.7 Å². The highest BCUT2D eigenvalue weighted by Crippen LogP contribution is 2.39. The number of carboxylic acids is 1. The first-order valence-corrected chi connectivity index (χ1v) is 7.10. The van der Waals surface area contributed by atoms with E-state index in [0.29, 0.717) is 11.6 Å². The zero-order chi connectivity index (χ0) is 14.2. The van der Waals surface area contributed by atoms with E-state index in [-0.39, 0.29) is 12.3 Å². The number of hydrogen-bond donors (Lipinski definition) is 1. The van der Waals surface area contributed by atoms with Crippen LogP contribution in [0.25, 0.3) is 0 Å². The van der Waals surface area contributed by atoms with Gasteiger partial charge in [0.25, 0.3) is 0 Å². The van der Waals surface area contributed by atoms with Gasteiger partial charge in [-0.2, -0.15) is 0 Å². The Labute approximate surface area is 124 Å². The lowest BCUT2D eigenvalue weighted by Crippen LogP contribution is -2.30. The van der Waals surface area contributed by atoms with Crippen LogP contribution >= 0.6 is 27.5 Å². The maximum absolute atomic E-state index is 11.9. The quantitative estimate of drug-likeness (QED) is 0.915.